The van der Waals surface area contributed by atoms with Gasteiger partial charge < -0.3 is 14.8 Å². The predicted molar refractivity (Wildman–Crippen MR) is 126 cm³/mol. The first-order valence-corrected chi connectivity index (χ1v) is 11.3. The average molecular weight is 417 g/mol. The zero-order valence-electron chi connectivity index (χ0n) is 19.8. The van der Waals surface area contributed by atoms with Crippen molar-refractivity contribution in [3.63, 3.8) is 0 Å². The zero-order valence-corrected chi connectivity index (χ0v) is 19.8. The summed E-state index contributed by atoms with van der Waals surface area (Å²) in [6.07, 6.45) is 4.61. The number of amidine groups is 1. The maximum Gasteiger partial charge on any atom is 0.296 e. The van der Waals surface area contributed by atoms with Crippen LogP contribution in [0.1, 0.15) is 79.7 Å². The van der Waals surface area contributed by atoms with Crippen LogP contribution in [0, 0.1) is 5.41 Å². The second-order valence-electron chi connectivity index (χ2n) is 8.97. The van der Waals surface area contributed by atoms with Crippen molar-refractivity contribution in [2.45, 2.75) is 92.5 Å². The molecule has 0 aliphatic carbocycles. The summed E-state index contributed by atoms with van der Waals surface area (Å²) >= 11 is 0. The van der Waals surface area contributed by atoms with Crippen LogP contribution in [-0.4, -0.2) is 30.5 Å². The molecule has 2 rings (SSSR count). The number of hydrogen-bond acceptors (Lipinski definition) is 6. The molecule has 1 aliphatic rings. The van der Waals surface area contributed by atoms with E-state index in [4.69, 9.17) is 9.47 Å². The first-order valence-electron chi connectivity index (χ1n) is 11.3. The highest BCUT2D eigenvalue weighted by molar-refractivity contribution is 6.04. The lowest BCUT2D eigenvalue weighted by Gasteiger charge is -2.29. The molecule has 1 heterocycles. The van der Waals surface area contributed by atoms with Crippen LogP contribution in [0.2, 0.25) is 0 Å². The average Bonchev–Trinajstić information content (AvgIpc) is 2.73. The van der Waals surface area contributed by atoms with Crippen molar-refractivity contribution in [2.75, 3.05) is 11.9 Å². The molecule has 30 heavy (non-hydrogen) atoms. The van der Waals surface area contributed by atoms with Gasteiger partial charge in [-0.15, -0.1) is 0 Å². The molecule has 0 fully saturated rings. The third-order valence-corrected chi connectivity index (χ3v) is 5.94. The Morgan fingerprint density at radius 3 is 2.20 bits per heavy atom. The summed E-state index contributed by atoms with van der Waals surface area (Å²) < 4.78 is 11.8. The largest absolute Gasteiger partial charge is 0.459 e. The van der Waals surface area contributed by atoms with Crippen molar-refractivity contribution in [1.29, 1.82) is 0 Å². The Morgan fingerprint density at radius 2 is 1.63 bits per heavy atom. The van der Waals surface area contributed by atoms with Crippen LogP contribution in [0.15, 0.2) is 34.3 Å². The van der Waals surface area contributed by atoms with Gasteiger partial charge in [0.25, 0.3) is 12.4 Å². The topological polar surface area (TPSA) is 67.2 Å². The van der Waals surface area contributed by atoms with E-state index in [9.17, 15) is 0 Å². The first kappa shape index (κ1) is 24.2. The van der Waals surface area contributed by atoms with E-state index in [1.807, 2.05) is 13.8 Å². The Labute approximate surface area is 182 Å². The van der Waals surface area contributed by atoms with E-state index >= 15 is 0 Å². The van der Waals surface area contributed by atoms with E-state index in [1.165, 1.54) is 18.4 Å². The molecule has 1 aliphatic heterocycles. The quantitative estimate of drug-likeness (QED) is 0.513. The predicted octanol–water partition coefficient (Wildman–Crippen LogP) is 5.70. The second-order valence-corrected chi connectivity index (χ2v) is 8.97. The van der Waals surface area contributed by atoms with Crippen LogP contribution in [0.25, 0.3) is 0 Å². The normalized spacial score (nSPS) is 17.1. The van der Waals surface area contributed by atoms with Gasteiger partial charge in [0.2, 0.25) is 5.96 Å². The lowest BCUT2D eigenvalue weighted by Crippen LogP contribution is -2.45. The summed E-state index contributed by atoms with van der Waals surface area (Å²) in [5, 5.41) is 6.49. The summed E-state index contributed by atoms with van der Waals surface area (Å²) in [7, 11) is 0. The van der Waals surface area contributed by atoms with E-state index in [-0.39, 0.29) is 5.60 Å². The molecule has 6 heteroatoms. The number of hydrogen-bond donors (Lipinski definition) is 2. The molecular formula is C24H40N4O2. The maximum atomic E-state index is 6.04. The monoisotopic (exact) mass is 416 g/mol. The van der Waals surface area contributed by atoms with E-state index in [1.54, 1.807) is 0 Å². The van der Waals surface area contributed by atoms with Gasteiger partial charge in [-0.2, -0.15) is 9.98 Å². The van der Waals surface area contributed by atoms with Crippen molar-refractivity contribution in [3.8, 4) is 0 Å². The Morgan fingerprint density at radius 1 is 0.967 bits per heavy atom. The molecule has 0 saturated carbocycles. The van der Waals surface area contributed by atoms with E-state index in [2.05, 4.69) is 79.5 Å². The van der Waals surface area contributed by atoms with Crippen LogP contribution in [-0.2, 0) is 15.9 Å². The van der Waals surface area contributed by atoms with Crippen LogP contribution in [0.5, 0.6) is 0 Å². The molecule has 2 N–H and O–H groups in total. The minimum absolute atomic E-state index is 0.323. The minimum Gasteiger partial charge on any atom is -0.459 e. The van der Waals surface area contributed by atoms with Crippen molar-refractivity contribution in [1.82, 2.24) is 5.32 Å². The number of benzene rings is 1. The summed E-state index contributed by atoms with van der Waals surface area (Å²) in [6, 6.07) is 8.99. The minimum atomic E-state index is -0.606. The van der Waals surface area contributed by atoms with Gasteiger partial charge in [-0.3, -0.25) is 5.32 Å². The highest BCUT2D eigenvalue weighted by Gasteiger charge is 2.25. The third kappa shape index (κ3) is 7.31. The van der Waals surface area contributed by atoms with Crippen LogP contribution in [0.4, 0.5) is 5.69 Å². The molecule has 1 unspecified atom stereocenters. The fourth-order valence-corrected chi connectivity index (χ4v) is 2.99. The molecule has 1 aromatic rings. The molecule has 0 spiro atoms. The van der Waals surface area contributed by atoms with Gasteiger partial charge in [-0.1, -0.05) is 59.6 Å². The Balaban J connectivity index is 2.08. The standard InChI is InChI=1S/C24H40N4O2/c1-8-16-29-21-26-20(27-22(28-21)30-23(5,6)9-2)25-19-14-12-18(13-15-19)17-24(7,10-3)11-4/h12-15,21H,8-11,16-17H2,1-7H3,(H2,25,26,27,28). The van der Waals surface area contributed by atoms with Gasteiger partial charge in [0.1, 0.15) is 5.60 Å². The fourth-order valence-electron chi connectivity index (χ4n) is 2.99. The van der Waals surface area contributed by atoms with Crippen molar-refractivity contribution in [3.05, 3.63) is 29.8 Å². The number of nitrogens with one attached hydrogen (secondary N) is 2. The summed E-state index contributed by atoms with van der Waals surface area (Å²) in [4.78, 5) is 8.98. The van der Waals surface area contributed by atoms with Gasteiger partial charge in [0, 0.05) is 5.69 Å². The van der Waals surface area contributed by atoms with E-state index < -0.39 is 6.35 Å². The second kappa shape index (κ2) is 10.8. The van der Waals surface area contributed by atoms with Gasteiger partial charge >= 0.3 is 0 Å². The number of rotatable bonds is 10. The molecule has 0 saturated heterocycles. The molecule has 0 amide bonds. The molecule has 0 radical (unpaired) electrons. The van der Waals surface area contributed by atoms with Gasteiger partial charge in [-0.25, -0.2) is 0 Å². The molecule has 1 atom stereocenters. The highest BCUT2D eigenvalue weighted by Crippen LogP contribution is 2.30. The molecule has 1 aromatic carbocycles. The number of aliphatic imine (C=N–C) groups is 2. The van der Waals surface area contributed by atoms with Gasteiger partial charge in [0.15, 0.2) is 0 Å². The van der Waals surface area contributed by atoms with Crippen molar-refractivity contribution < 1.29 is 9.47 Å². The zero-order chi connectivity index (χ0) is 22.2. The SMILES string of the molecule is CCCOC1N=C(Nc2ccc(CC(C)(CC)CC)cc2)NC(OC(C)(C)CC)=N1. The smallest absolute Gasteiger partial charge is 0.296 e. The van der Waals surface area contributed by atoms with Gasteiger partial charge in [-0.05, 0) is 56.2 Å². The number of anilines is 1. The molecule has 0 bridgehead atoms. The third-order valence-electron chi connectivity index (χ3n) is 5.94. The molecule has 0 aromatic heterocycles. The van der Waals surface area contributed by atoms with Gasteiger partial charge in [0.05, 0.1) is 6.61 Å². The van der Waals surface area contributed by atoms with Crippen LogP contribution < -0.4 is 10.6 Å². The lowest BCUT2D eigenvalue weighted by atomic mass is 9.79. The Kier molecular flexibility index (Phi) is 8.71. The fraction of sp³-hybridized carbons (Fsp3) is 0.667. The van der Waals surface area contributed by atoms with Crippen LogP contribution >= 0.6 is 0 Å². The summed E-state index contributed by atoms with van der Waals surface area (Å²) in [5.41, 5.74) is 2.34. The first-order chi connectivity index (χ1) is 14.2. The number of guanidine groups is 1. The lowest BCUT2D eigenvalue weighted by molar-refractivity contribution is 0.0500. The van der Waals surface area contributed by atoms with E-state index in [0.29, 0.717) is 24.0 Å². The maximum absolute atomic E-state index is 6.04. The van der Waals surface area contributed by atoms with Crippen molar-refractivity contribution in [2.24, 2.45) is 15.4 Å². The molecule has 6 nitrogen and oxygen atoms in total. The number of ether oxygens (including phenoxy) is 2. The highest BCUT2D eigenvalue weighted by atomic mass is 16.5. The Bertz CT molecular complexity index is 721. The van der Waals surface area contributed by atoms with Crippen molar-refractivity contribution >= 4 is 17.7 Å². The summed E-state index contributed by atoms with van der Waals surface area (Å²) in [5.74, 6) is 0.577. The van der Waals surface area contributed by atoms with Crippen LogP contribution in [0.3, 0.4) is 0 Å². The molecule has 168 valence electrons. The number of nitrogens with zero attached hydrogens (tertiary/aromatic N) is 2. The van der Waals surface area contributed by atoms with E-state index in [0.717, 1.165) is 24.9 Å². The Hall–Kier alpha value is -2.08. The summed E-state index contributed by atoms with van der Waals surface area (Å²) in [6.45, 7) is 15.7. The molecular weight excluding hydrogens is 376 g/mol.